The van der Waals surface area contributed by atoms with Gasteiger partial charge < -0.3 is 15.6 Å². The van der Waals surface area contributed by atoms with Crippen LogP contribution in [0.2, 0.25) is 0 Å². The number of imidazole rings is 1. The zero-order valence-electron chi connectivity index (χ0n) is 11.3. The van der Waals surface area contributed by atoms with Gasteiger partial charge in [-0.1, -0.05) is 6.07 Å². The van der Waals surface area contributed by atoms with Crippen molar-refractivity contribution in [2.45, 2.75) is 19.3 Å². The third kappa shape index (κ3) is 3.33. The molecule has 4 nitrogen and oxygen atoms in total. The minimum atomic E-state index is 0.858. The second-order valence-corrected chi connectivity index (χ2v) is 5.40. The molecule has 1 aromatic heterocycles. The van der Waals surface area contributed by atoms with Gasteiger partial charge in [0.25, 0.3) is 0 Å². The molecule has 4 heteroatoms. The molecule has 1 fully saturated rings. The maximum atomic E-state index is 4.24. The number of benzene rings is 1. The Kier molecular flexibility index (Phi) is 4.10. The van der Waals surface area contributed by atoms with Crippen LogP contribution in [0.25, 0.3) is 11.0 Å². The number of aromatic amines is 1. The first-order chi connectivity index (χ1) is 9.42. The first-order valence-electron chi connectivity index (χ1n) is 7.25. The number of fused-ring (bicyclic) bond motifs is 1. The van der Waals surface area contributed by atoms with Gasteiger partial charge in [-0.05, 0) is 69.1 Å². The van der Waals surface area contributed by atoms with E-state index in [0.29, 0.717) is 0 Å². The average Bonchev–Trinajstić information content (AvgIpc) is 2.92. The third-order valence-corrected chi connectivity index (χ3v) is 3.97. The van der Waals surface area contributed by atoms with Crippen molar-refractivity contribution < 1.29 is 0 Å². The molecule has 0 bridgehead atoms. The van der Waals surface area contributed by atoms with Crippen LogP contribution in [-0.2, 0) is 6.42 Å². The van der Waals surface area contributed by atoms with E-state index in [4.69, 9.17) is 0 Å². The summed E-state index contributed by atoms with van der Waals surface area (Å²) in [6.07, 6.45) is 5.46. The van der Waals surface area contributed by atoms with Crippen molar-refractivity contribution in [3.63, 3.8) is 0 Å². The highest BCUT2D eigenvalue weighted by molar-refractivity contribution is 5.75. The topological polar surface area (TPSA) is 52.7 Å². The maximum absolute atomic E-state index is 4.24. The van der Waals surface area contributed by atoms with Gasteiger partial charge in [-0.3, -0.25) is 0 Å². The largest absolute Gasteiger partial charge is 0.345 e. The number of hydrogen-bond acceptors (Lipinski definition) is 3. The van der Waals surface area contributed by atoms with Crippen molar-refractivity contribution in [3.05, 3.63) is 30.1 Å². The zero-order chi connectivity index (χ0) is 12.9. The maximum Gasteiger partial charge on any atom is 0.0931 e. The number of nitrogens with one attached hydrogen (secondary N) is 3. The lowest BCUT2D eigenvalue weighted by Crippen LogP contribution is -2.34. The molecule has 0 aliphatic carbocycles. The smallest absolute Gasteiger partial charge is 0.0931 e. The zero-order valence-corrected chi connectivity index (χ0v) is 11.3. The van der Waals surface area contributed by atoms with Gasteiger partial charge in [0.1, 0.15) is 0 Å². The molecule has 102 valence electrons. The molecule has 1 aliphatic rings. The van der Waals surface area contributed by atoms with E-state index >= 15 is 0 Å². The van der Waals surface area contributed by atoms with Crippen molar-refractivity contribution in [1.29, 1.82) is 0 Å². The van der Waals surface area contributed by atoms with Gasteiger partial charge in [-0.15, -0.1) is 0 Å². The van der Waals surface area contributed by atoms with Gasteiger partial charge in [0, 0.05) is 0 Å². The monoisotopic (exact) mass is 258 g/mol. The van der Waals surface area contributed by atoms with Gasteiger partial charge in [-0.25, -0.2) is 4.98 Å². The molecule has 0 saturated carbocycles. The molecule has 1 aromatic carbocycles. The Morgan fingerprint density at radius 2 is 2.16 bits per heavy atom. The van der Waals surface area contributed by atoms with Crippen LogP contribution in [-0.4, -0.2) is 36.1 Å². The summed E-state index contributed by atoms with van der Waals surface area (Å²) in [5, 5.41) is 7.00. The lowest BCUT2D eigenvalue weighted by molar-refractivity contribution is 0.358. The molecule has 0 spiro atoms. The average molecular weight is 258 g/mol. The normalized spacial score (nSPS) is 17.1. The summed E-state index contributed by atoms with van der Waals surface area (Å²) < 4.78 is 0. The lowest BCUT2D eigenvalue weighted by Gasteiger charge is -2.22. The highest BCUT2D eigenvalue weighted by atomic mass is 14.9. The van der Waals surface area contributed by atoms with Crippen molar-refractivity contribution in [1.82, 2.24) is 20.6 Å². The molecule has 0 unspecified atom stereocenters. The van der Waals surface area contributed by atoms with Crippen molar-refractivity contribution in [3.8, 4) is 0 Å². The van der Waals surface area contributed by atoms with Gasteiger partial charge in [0.15, 0.2) is 0 Å². The van der Waals surface area contributed by atoms with Crippen LogP contribution in [0.4, 0.5) is 0 Å². The van der Waals surface area contributed by atoms with Crippen LogP contribution in [0.3, 0.4) is 0 Å². The molecule has 3 rings (SSSR count). The van der Waals surface area contributed by atoms with Crippen LogP contribution in [0, 0.1) is 5.92 Å². The predicted octanol–water partition coefficient (Wildman–Crippen LogP) is 1.69. The number of nitrogens with zero attached hydrogens (tertiary/aromatic N) is 1. The summed E-state index contributed by atoms with van der Waals surface area (Å²) in [7, 11) is 0. The molecular formula is C15H22N4. The Morgan fingerprint density at radius 1 is 1.26 bits per heavy atom. The second kappa shape index (κ2) is 6.17. The van der Waals surface area contributed by atoms with Crippen LogP contribution in [0.5, 0.6) is 0 Å². The third-order valence-electron chi connectivity index (χ3n) is 3.97. The summed E-state index contributed by atoms with van der Waals surface area (Å²) in [5.41, 5.74) is 3.55. The SMILES string of the molecule is c1nc2ccc(CCNCC3CCNCC3)cc2[nH]1. The van der Waals surface area contributed by atoms with Crippen LogP contribution < -0.4 is 10.6 Å². The van der Waals surface area contributed by atoms with Gasteiger partial charge >= 0.3 is 0 Å². The Morgan fingerprint density at radius 3 is 3.05 bits per heavy atom. The quantitative estimate of drug-likeness (QED) is 0.715. The number of piperidine rings is 1. The highest BCUT2D eigenvalue weighted by Crippen LogP contribution is 2.12. The van der Waals surface area contributed by atoms with E-state index < -0.39 is 0 Å². The summed E-state index contributed by atoms with van der Waals surface area (Å²) in [6, 6.07) is 6.47. The predicted molar refractivity (Wildman–Crippen MR) is 78.3 cm³/mol. The van der Waals surface area contributed by atoms with E-state index in [-0.39, 0.29) is 0 Å². The molecule has 19 heavy (non-hydrogen) atoms. The molecule has 2 heterocycles. The van der Waals surface area contributed by atoms with Crippen LogP contribution in [0.15, 0.2) is 24.5 Å². The van der Waals surface area contributed by atoms with Crippen LogP contribution in [0.1, 0.15) is 18.4 Å². The summed E-state index contributed by atoms with van der Waals surface area (Å²) in [4.78, 5) is 7.40. The molecule has 3 N–H and O–H groups in total. The molecule has 2 aromatic rings. The summed E-state index contributed by atoms with van der Waals surface area (Å²) >= 11 is 0. The van der Waals surface area contributed by atoms with E-state index in [2.05, 4.69) is 38.8 Å². The molecule has 0 atom stereocenters. The molecule has 1 aliphatic heterocycles. The Bertz CT molecular complexity index is 514. The molecule has 0 amide bonds. The fourth-order valence-corrected chi connectivity index (χ4v) is 2.76. The highest BCUT2D eigenvalue weighted by Gasteiger charge is 2.11. The number of aromatic nitrogens is 2. The lowest BCUT2D eigenvalue weighted by atomic mass is 9.98. The number of rotatable bonds is 5. The summed E-state index contributed by atoms with van der Waals surface area (Å²) in [6.45, 7) is 4.59. The fourth-order valence-electron chi connectivity index (χ4n) is 2.76. The van der Waals surface area contributed by atoms with E-state index in [1.165, 1.54) is 31.5 Å². The second-order valence-electron chi connectivity index (χ2n) is 5.40. The van der Waals surface area contributed by atoms with E-state index in [9.17, 15) is 0 Å². The van der Waals surface area contributed by atoms with Gasteiger partial charge in [-0.2, -0.15) is 0 Å². The van der Waals surface area contributed by atoms with Gasteiger partial charge in [0.05, 0.1) is 17.4 Å². The van der Waals surface area contributed by atoms with Crippen LogP contribution >= 0.6 is 0 Å². The van der Waals surface area contributed by atoms with Crippen molar-refractivity contribution >= 4 is 11.0 Å². The first-order valence-corrected chi connectivity index (χ1v) is 7.25. The Balaban J connectivity index is 1.43. The minimum Gasteiger partial charge on any atom is -0.345 e. The molecule has 1 saturated heterocycles. The Labute approximate surface area is 114 Å². The Hall–Kier alpha value is -1.39. The van der Waals surface area contributed by atoms with Crippen molar-refractivity contribution in [2.75, 3.05) is 26.2 Å². The van der Waals surface area contributed by atoms with Crippen molar-refractivity contribution in [2.24, 2.45) is 5.92 Å². The first kappa shape index (κ1) is 12.6. The minimum absolute atomic E-state index is 0.858. The number of hydrogen-bond donors (Lipinski definition) is 3. The van der Waals surface area contributed by atoms with E-state index in [1.807, 2.05) is 0 Å². The van der Waals surface area contributed by atoms with E-state index in [1.54, 1.807) is 6.33 Å². The molecule has 0 radical (unpaired) electrons. The fraction of sp³-hybridized carbons (Fsp3) is 0.533. The standard InChI is InChI=1S/C15H22N4/c1-2-14-15(19-11-18-14)9-12(1)3-8-17-10-13-4-6-16-7-5-13/h1-2,9,11,13,16-17H,3-8,10H2,(H,18,19). The van der Waals surface area contributed by atoms with Gasteiger partial charge in [0.2, 0.25) is 0 Å². The molecular weight excluding hydrogens is 236 g/mol. The number of H-pyrrole nitrogens is 1. The van der Waals surface area contributed by atoms with E-state index in [0.717, 1.165) is 36.5 Å². The summed E-state index contributed by atoms with van der Waals surface area (Å²) in [5.74, 6) is 0.858.